The summed E-state index contributed by atoms with van der Waals surface area (Å²) in [5, 5.41) is 21.0. The van der Waals surface area contributed by atoms with Gasteiger partial charge in [-0.3, -0.25) is 24.2 Å². The molecule has 25 heavy (non-hydrogen) atoms. The van der Waals surface area contributed by atoms with E-state index in [9.17, 15) is 29.4 Å². The van der Waals surface area contributed by atoms with E-state index in [0.29, 0.717) is 0 Å². The molecule has 2 aliphatic rings. The van der Waals surface area contributed by atoms with Crippen molar-refractivity contribution in [3.05, 3.63) is 20.7 Å². The Labute approximate surface area is 149 Å². The Morgan fingerprint density at radius 1 is 1.44 bits per heavy atom. The molecule has 1 amide bonds. The van der Waals surface area contributed by atoms with Crippen LogP contribution in [0, 0.1) is 5.92 Å². The van der Waals surface area contributed by atoms with E-state index in [4.69, 9.17) is 0 Å². The van der Waals surface area contributed by atoms with Crippen LogP contribution in [0.15, 0.2) is 14.7 Å². The Morgan fingerprint density at radius 3 is 2.72 bits per heavy atom. The molecule has 5 atom stereocenters. The summed E-state index contributed by atoms with van der Waals surface area (Å²) in [5.41, 5.74) is -1.75. The largest absolute Gasteiger partial charge is 0.480 e. The Hall–Kier alpha value is -1.79. The fraction of sp³-hybridized carbons (Fsp3) is 0.615. The summed E-state index contributed by atoms with van der Waals surface area (Å²) in [6.07, 6.45) is -0.844. The number of carbonyl (C=O) groups is 2. The molecule has 3 N–H and O–H groups in total. The van der Waals surface area contributed by atoms with Crippen molar-refractivity contribution in [2.75, 3.05) is 5.75 Å². The second-order valence-corrected chi connectivity index (χ2v) is 8.22. The van der Waals surface area contributed by atoms with Crippen LogP contribution in [0.5, 0.6) is 0 Å². The predicted octanol–water partition coefficient (Wildman–Crippen LogP) is -1.71. The topological polar surface area (TPSA) is 146 Å². The van der Waals surface area contributed by atoms with Crippen molar-refractivity contribution < 1.29 is 19.8 Å². The molecule has 0 saturated carbocycles. The van der Waals surface area contributed by atoms with Crippen molar-refractivity contribution in [2.45, 2.75) is 34.8 Å². The van der Waals surface area contributed by atoms with E-state index < -0.39 is 40.4 Å². The molecule has 2 fully saturated rings. The number of carboxylic acid groups (broad SMARTS) is 1. The smallest absolute Gasteiger partial charge is 0.339 e. The maximum absolute atomic E-state index is 12.1. The third kappa shape index (κ3) is 2.98. The number of nitrogens with zero attached hydrogens (tertiary/aromatic N) is 3. The van der Waals surface area contributed by atoms with E-state index in [1.807, 2.05) is 0 Å². The molecule has 0 spiro atoms. The fourth-order valence-electron chi connectivity index (χ4n) is 2.99. The molecule has 3 heterocycles. The molecule has 1 aromatic heterocycles. The van der Waals surface area contributed by atoms with Gasteiger partial charge in [0.15, 0.2) is 5.16 Å². The fourth-order valence-corrected chi connectivity index (χ4v) is 6.02. The first-order valence-corrected chi connectivity index (χ1v) is 9.34. The number of carbonyl (C=O) groups excluding carboxylic acids is 1. The van der Waals surface area contributed by atoms with Gasteiger partial charge in [0, 0.05) is 18.1 Å². The zero-order chi connectivity index (χ0) is 18.5. The number of carboxylic acids is 1. The number of H-pyrrole nitrogens is 1. The average molecular weight is 388 g/mol. The molecule has 3 rings (SSSR count). The van der Waals surface area contributed by atoms with E-state index in [1.54, 1.807) is 0 Å². The molecule has 0 aliphatic carbocycles. The molecular weight excluding hydrogens is 372 g/mol. The molecular formula is C13H16N4O6S2. The van der Waals surface area contributed by atoms with E-state index >= 15 is 0 Å². The summed E-state index contributed by atoms with van der Waals surface area (Å²) < 4.78 is 1.29. The Bertz CT molecular complexity index is 837. The van der Waals surface area contributed by atoms with Crippen LogP contribution in [-0.2, 0) is 16.6 Å². The minimum atomic E-state index is -1.11. The summed E-state index contributed by atoms with van der Waals surface area (Å²) in [5.74, 6) is -1.79. The minimum absolute atomic E-state index is 0.252. The number of β-lactam (4-membered cyclic amide) rings is 1. The van der Waals surface area contributed by atoms with Crippen LogP contribution in [0.3, 0.4) is 0 Å². The summed E-state index contributed by atoms with van der Waals surface area (Å²) >= 11 is 2.45. The van der Waals surface area contributed by atoms with Gasteiger partial charge in [-0.1, -0.05) is 11.8 Å². The first-order valence-electron chi connectivity index (χ1n) is 7.41. The third-order valence-corrected chi connectivity index (χ3v) is 7.12. The Balaban J connectivity index is 1.77. The first-order chi connectivity index (χ1) is 11.7. The highest BCUT2D eigenvalue weighted by atomic mass is 32.2. The molecule has 0 radical (unpaired) electrons. The van der Waals surface area contributed by atoms with Gasteiger partial charge < -0.3 is 15.1 Å². The second kappa shape index (κ2) is 6.50. The molecule has 1 aromatic rings. The molecule has 2 aliphatic heterocycles. The van der Waals surface area contributed by atoms with Crippen LogP contribution in [0.25, 0.3) is 0 Å². The number of nitrogens with one attached hydrogen (secondary N) is 1. The standard InChI is InChI=1S/C13H16N4O6S2/c1-4(18)6-10(21)17-7(12(22)23)5(25-11(6)17)3-24-13-14-8(19)9(20)15-16(13)2/h4-7,11,18H,3H2,1-2H3,(H,15,20)(H,22,23)/t4-,5?,6+,7?,11-/m1/s1. The first kappa shape index (κ1) is 18.0. The van der Waals surface area contributed by atoms with Gasteiger partial charge in [0.05, 0.1) is 17.4 Å². The minimum Gasteiger partial charge on any atom is -0.480 e. The van der Waals surface area contributed by atoms with Gasteiger partial charge >= 0.3 is 17.1 Å². The van der Waals surface area contributed by atoms with Crippen LogP contribution in [-0.4, -0.2) is 70.3 Å². The molecule has 136 valence electrons. The van der Waals surface area contributed by atoms with Gasteiger partial charge in [0.25, 0.3) is 0 Å². The van der Waals surface area contributed by atoms with Gasteiger partial charge in [0.2, 0.25) is 5.91 Å². The van der Waals surface area contributed by atoms with Crippen LogP contribution < -0.4 is 11.1 Å². The highest BCUT2D eigenvalue weighted by Gasteiger charge is 2.61. The lowest BCUT2D eigenvalue weighted by Gasteiger charge is -2.44. The maximum atomic E-state index is 12.1. The van der Waals surface area contributed by atoms with Crippen molar-refractivity contribution in [3.63, 3.8) is 0 Å². The monoisotopic (exact) mass is 388 g/mol. The van der Waals surface area contributed by atoms with Gasteiger partial charge in [-0.2, -0.15) is 4.98 Å². The van der Waals surface area contributed by atoms with Crippen molar-refractivity contribution in [2.24, 2.45) is 13.0 Å². The van der Waals surface area contributed by atoms with E-state index in [2.05, 4.69) is 10.1 Å². The van der Waals surface area contributed by atoms with Crippen molar-refractivity contribution >= 4 is 35.4 Å². The Morgan fingerprint density at radius 2 is 2.12 bits per heavy atom. The maximum Gasteiger partial charge on any atom is 0.339 e. The molecule has 0 aromatic carbocycles. The van der Waals surface area contributed by atoms with Crippen LogP contribution in [0.4, 0.5) is 0 Å². The van der Waals surface area contributed by atoms with Gasteiger partial charge in [-0.05, 0) is 6.92 Å². The lowest BCUT2D eigenvalue weighted by atomic mass is 9.91. The lowest BCUT2D eigenvalue weighted by Crippen LogP contribution is -2.64. The highest BCUT2D eigenvalue weighted by Crippen LogP contribution is 2.49. The van der Waals surface area contributed by atoms with Crippen molar-refractivity contribution in [1.29, 1.82) is 0 Å². The number of aliphatic carboxylic acids is 1. The molecule has 2 saturated heterocycles. The summed E-state index contributed by atoms with van der Waals surface area (Å²) in [6.45, 7) is 1.51. The number of aryl methyl sites for hydroxylation is 1. The number of aliphatic hydroxyl groups excluding tert-OH is 1. The van der Waals surface area contributed by atoms with Crippen molar-refractivity contribution in [3.8, 4) is 0 Å². The lowest BCUT2D eigenvalue weighted by molar-refractivity contribution is -0.167. The van der Waals surface area contributed by atoms with E-state index in [-0.39, 0.29) is 22.2 Å². The van der Waals surface area contributed by atoms with Crippen LogP contribution in [0.2, 0.25) is 0 Å². The van der Waals surface area contributed by atoms with E-state index in [0.717, 1.165) is 11.8 Å². The summed E-state index contributed by atoms with van der Waals surface area (Å²) in [4.78, 5) is 51.3. The molecule has 0 bridgehead atoms. The number of aromatic amines is 1. The number of hydrogen-bond acceptors (Lipinski definition) is 8. The number of rotatable bonds is 5. The highest BCUT2D eigenvalue weighted by molar-refractivity contribution is 8.04. The zero-order valence-corrected chi connectivity index (χ0v) is 14.9. The SMILES string of the molecule is C[C@@H](O)[C@H]1C(=O)N2C(C(=O)O)C(CSc3nc(=O)c(=O)[nH]n3C)S[C@H]12. The predicted molar refractivity (Wildman–Crippen MR) is 89.4 cm³/mol. The number of hydrogen-bond donors (Lipinski definition) is 3. The molecule has 12 heteroatoms. The quantitative estimate of drug-likeness (QED) is 0.305. The third-order valence-electron chi connectivity index (χ3n) is 4.18. The van der Waals surface area contributed by atoms with Crippen LogP contribution in [0.1, 0.15) is 6.92 Å². The number of thioether (sulfide) groups is 2. The normalized spacial score (nSPS) is 29.2. The number of aliphatic hydroxyl groups is 1. The number of aromatic nitrogens is 3. The van der Waals surface area contributed by atoms with Crippen LogP contribution >= 0.6 is 23.5 Å². The zero-order valence-electron chi connectivity index (χ0n) is 13.3. The average Bonchev–Trinajstić information content (AvgIpc) is 2.83. The molecule has 2 unspecified atom stereocenters. The van der Waals surface area contributed by atoms with E-state index in [1.165, 1.54) is 35.3 Å². The number of amides is 1. The summed E-state index contributed by atoms with van der Waals surface area (Å²) in [6, 6.07) is -0.996. The number of fused-ring (bicyclic) bond motifs is 1. The molecule has 10 nitrogen and oxygen atoms in total. The second-order valence-electron chi connectivity index (χ2n) is 5.87. The van der Waals surface area contributed by atoms with Crippen molar-refractivity contribution in [1.82, 2.24) is 19.7 Å². The van der Waals surface area contributed by atoms with Gasteiger partial charge in [0.1, 0.15) is 6.04 Å². The Kier molecular flexibility index (Phi) is 4.68. The van der Waals surface area contributed by atoms with Gasteiger partial charge in [-0.15, -0.1) is 11.8 Å². The van der Waals surface area contributed by atoms with Gasteiger partial charge in [-0.25, -0.2) is 4.79 Å². The summed E-state index contributed by atoms with van der Waals surface area (Å²) in [7, 11) is 1.52.